The van der Waals surface area contributed by atoms with E-state index < -0.39 is 0 Å². The highest BCUT2D eigenvalue weighted by molar-refractivity contribution is 5.15. The zero-order valence-electron chi connectivity index (χ0n) is 14.5. The normalized spacial score (nSPS) is 14.6. The third kappa shape index (κ3) is 6.18. The second kappa shape index (κ2) is 9.77. The summed E-state index contributed by atoms with van der Waals surface area (Å²) in [5.74, 6) is 0. The maximum Gasteiger partial charge on any atom is 0.0659 e. The molecule has 1 aromatic heterocycles. The number of hydrogen-bond acceptors (Lipinski definition) is 3. The van der Waals surface area contributed by atoms with Crippen molar-refractivity contribution < 1.29 is 4.74 Å². The van der Waals surface area contributed by atoms with Crippen molar-refractivity contribution in [3.8, 4) is 0 Å². The van der Waals surface area contributed by atoms with Crippen molar-refractivity contribution in [1.29, 1.82) is 0 Å². The van der Waals surface area contributed by atoms with Crippen LogP contribution in [0.25, 0.3) is 0 Å². The van der Waals surface area contributed by atoms with Crippen molar-refractivity contribution in [2.24, 2.45) is 0 Å². The lowest BCUT2D eigenvalue weighted by Crippen LogP contribution is -2.35. The number of hydrogen-bond donors (Lipinski definition) is 0. The predicted molar refractivity (Wildman–Crippen MR) is 100 cm³/mol. The van der Waals surface area contributed by atoms with Gasteiger partial charge in [-0.25, -0.2) is 0 Å². The van der Waals surface area contributed by atoms with Crippen LogP contribution in [0.4, 0.5) is 0 Å². The molecule has 3 aromatic rings. The standard InChI is InChI=1S/C11H15NO.C10H10N2/c1-2-4-11(5-3-1)10-12-6-8-13-9-7-12;1-2-5-10(6-3-1)9-12-8-4-7-11-12/h1-5H,6-10H2;1-8H,9H2. The number of rotatable bonds is 4. The van der Waals surface area contributed by atoms with Crippen molar-refractivity contribution in [1.82, 2.24) is 14.7 Å². The van der Waals surface area contributed by atoms with Crippen molar-refractivity contribution in [2.45, 2.75) is 13.1 Å². The number of morpholine rings is 1. The lowest BCUT2D eigenvalue weighted by molar-refractivity contribution is 0.0342. The molecule has 25 heavy (non-hydrogen) atoms. The number of nitrogens with zero attached hydrogens (tertiary/aromatic N) is 3. The highest BCUT2D eigenvalue weighted by Crippen LogP contribution is 2.06. The fraction of sp³-hybridized carbons (Fsp3) is 0.286. The third-order valence-corrected chi connectivity index (χ3v) is 4.10. The van der Waals surface area contributed by atoms with Gasteiger partial charge in [-0.15, -0.1) is 0 Å². The summed E-state index contributed by atoms with van der Waals surface area (Å²) in [6, 6.07) is 22.8. The van der Waals surface area contributed by atoms with Crippen molar-refractivity contribution in [3.05, 3.63) is 90.3 Å². The molecule has 0 radical (unpaired) electrons. The highest BCUT2D eigenvalue weighted by atomic mass is 16.5. The quantitative estimate of drug-likeness (QED) is 0.731. The van der Waals surface area contributed by atoms with Gasteiger partial charge < -0.3 is 4.74 Å². The van der Waals surface area contributed by atoms with E-state index in [9.17, 15) is 0 Å². The van der Waals surface area contributed by atoms with E-state index in [2.05, 4.69) is 52.5 Å². The summed E-state index contributed by atoms with van der Waals surface area (Å²) in [6.45, 7) is 5.81. The summed E-state index contributed by atoms with van der Waals surface area (Å²) < 4.78 is 7.21. The van der Waals surface area contributed by atoms with Crippen LogP contribution >= 0.6 is 0 Å². The van der Waals surface area contributed by atoms with Crippen LogP contribution in [0.3, 0.4) is 0 Å². The Kier molecular flexibility index (Phi) is 6.80. The molecule has 1 aliphatic rings. The van der Waals surface area contributed by atoms with Crippen molar-refractivity contribution in [2.75, 3.05) is 26.3 Å². The number of aromatic nitrogens is 2. The first-order valence-corrected chi connectivity index (χ1v) is 8.75. The molecule has 0 spiro atoms. The largest absolute Gasteiger partial charge is 0.379 e. The van der Waals surface area contributed by atoms with E-state index in [1.165, 1.54) is 11.1 Å². The Balaban J connectivity index is 0.000000146. The van der Waals surface area contributed by atoms with Crippen molar-refractivity contribution >= 4 is 0 Å². The Bertz CT molecular complexity index is 693. The molecule has 4 rings (SSSR count). The Morgan fingerprint density at radius 1 is 0.760 bits per heavy atom. The molecule has 1 saturated heterocycles. The molecule has 4 heteroatoms. The fourth-order valence-corrected chi connectivity index (χ4v) is 2.77. The van der Waals surface area contributed by atoms with E-state index in [0.717, 1.165) is 39.4 Å². The second-order valence-corrected chi connectivity index (χ2v) is 6.06. The number of ether oxygens (including phenoxy) is 1. The van der Waals surface area contributed by atoms with Crippen LogP contribution in [-0.2, 0) is 17.8 Å². The van der Waals surface area contributed by atoms with Crippen molar-refractivity contribution in [3.63, 3.8) is 0 Å². The van der Waals surface area contributed by atoms with Crippen LogP contribution in [0.5, 0.6) is 0 Å². The van der Waals surface area contributed by atoms with Crippen LogP contribution in [0.2, 0.25) is 0 Å². The summed E-state index contributed by atoms with van der Waals surface area (Å²) >= 11 is 0. The molecule has 1 fully saturated rings. The molecule has 4 nitrogen and oxygen atoms in total. The molecule has 0 N–H and O–H groups in total. The van der Waals surface area contributed by atoms with Crippen LogP contribution in [0.15, 0.2) is 79.1 Å². The zero-order chi connectivity index (χ0) is 17.2. The van der Waals surface area contributed by atoms with Gasteiger partial charge in [0.15, 0.2) is 0 Å². The summed E-state index contributed by atoms with van der Waals surface area (Å²) in [4.78, 5) is 2.43. The summed E-state index contributed by atoms with van der Waals surface area (Å²) in [6.07, 6.45) is 3.76. The Morgan fingerprint density at radius 3 is 1.92 bits per heavy atom. The van der Waals surface area contributed by atoms with E-state index >= 15 is 0 Å². The molecule has 2 heterocycles. The van der Waals surface area contributed by atoms with Crippen LogP contribution < -0.4 is 0 Å². The van der Waals surface area contributed by atoms with Crippen LogP contribution in [-0.4, -0.2) is 41.0 Å². The molecule has 0 saturated carbocycles. The molecule has 2 aromatic carbocycles. The SMILES string of the molecule is c1ccc(CN2CCOCC2)cc1.c1ccc(Cn2cccn2)cc1. The van der Waals surface area contributed by atoms with Gasteiger partial charge in [0.2, 0.25) is 0 Å². The minimum Gasteiger partial charge on any atom is -0.379 e. The molecule has 0 amide bonds. The van der Waals surface area contributed by atoms with E-state index in [1.54, 1.807) is 6.20 Å². The fourth-order valence-electron chi connectivity index (χ4n) is 2.77. The van der Waals surface area contributed by atoms with Gasteiger partial charge in [-0.05, 0) is 17.2 Å². The lowest BCUT2D eigenvalue weighted by Gasteiger charge is -2.26. The van der Waals surface area contributed by atoms with Crippen LogP contribution in [0, 0.1) is 0 Å². The topological polar surface area (TPSA) is 30.3 Å². The summed E-state index contributed by atoms with van der Waals surface area (Å²) in [5.41, 5.74) is 2.67. The molecule has 0 unspecified atom stereocenters. The van der Waals surface area contributed by atoms with Gasteiger partial charge in [-0.1, -0.05) is 60.7 Å². The first-order valence-electron chi connectivity index (χ1n) is 8.75. The Hall–Kier alpha value is -2.43. The first kappa shape index (κ1) is 17.4. The monoisotopic (exact) mass is 335 g/mol. The van der Waals surface area contributed by atoms with Gasteiger partial charge in [0.25, 0.3) is 0 Å². The number of benzene rings is 2. The van der Waals surface area contributed by atoms with E-state index in [1.807, 2.05) is 35.1 Å². The maximum atomic E-state index is 5.30. The van der Waals surface area contributed by atoms with Gasteiger partial charge in [-0.3, -0.25) is 9.58 Å². The third-order valence-electron chi connectivity index (χ3n) is 4.10. The van der Waals surface area contributed by atoms with Gasteiger partial charge in [-0.2, -0.15) is 5.10 Å². The lowest BCUT2D eigenvalue weighted by atomic mass is 10.2. The minimum atomic E-state index is 0.855. The molecule has 0 aliphatic carbocycles. The highest BCUT2D eigenvalue weighted by Gasteiger charge is 2.09. The average molecular weight is 335 g/mol. The van der Waals surface area contributed by atoms with E-state index in [0.29, 0.717) is 0 Å². The second-order valence-electron chi connectivity index (χ2n) is 6.06. The van der Waals surface area contributed by atoms with E-state index in [4.69, 9.17) is 4.74 Å². The van der Waals surface area contributed by atoms with Gasteiger partial charge in [0.05, 0.1) is 19.8 Å². The summed E-state index contributed by atoms with van der Waals surface area (Å²) in [7, 11) is 0. The van der Waals surface area contributed by atoms with Gasteiger partial charge >= 0.3 is 0 Å². The molecule has 0 atom stereocenters. The van der Waals surface area contributed by atoms with Gasteiger partial charge in [0.1, 0.15) is 0 Å². The van der Waals surface area contributed by atoms with E-state index in [-0.39, 0.29) is 0 Å². The average Bonchev–Trinajstić information content (AvgIpc) is 3.18. The van der Waals surface area contributed by atoms with Gasteiger partial charge in [0, 0.05) is 32.0 Å². The molecular weight excluding hydrogens is 310 g/mol. The maximum absolute atomic E-state index is 5.30. The Morgan fingerprint density at radius 2 is 1.36 bits per heavy atom. The smallest absolute Gasteiger partial charge is 0.0659 e. The summed E-state index contributed by atoms with van der Waals surface area (Å²) in [5, 5.41) is 4.13. The van der Waals surface area contributed by atoms with Crippen LogP contribution in [0.1, 0.15) is 11.1 Å². The predicted octanol–water partition coefficient (Wildman–Crippen LogP) is 3.45. The minimum absolute atomic E-state index is 0.855. The zero-order valence-corrected chi connectivity index (χ0v) is 14.5. The molecule has 130 valence electrons. The first-order chi connectivity index (χ1) is 12.4. The molecular formula is C21H25N3O. The molecule has 1 aliphatic heterocycles. The molecule has 0 bridgehead atoms. The Labute approximate surface area is 149 Å².